The molecular formula is C29H34ClN3O6S. The number of carbonyl (C=O) groups is 2. The number of nitrogens with one attached hydrogen (secondary N) is 1. The molecule has 40 heavy (non-hydrogen) atoms. The maximum Gasteiger partial charge on any atom is 0.264 e. The van der Waals surface area contributed by atoms with Crippen LogP contribution in [0.15, 0.2) is 77.7 Å². The van der Waals surface area contributed by atoms with E-state index in [0.29, 0.717) is 29.5 Å². The molecule has 2 amide bonds. The summed E-state index contributed by atoms with van der Waals surface area (Å²) in [5.74, 6) is 0.252. The molecular weight excluding hydrogens is 554 g/mol. The van der Waals surface area contributed by atoms with E-state index in [2.05, 4.69) is 5.32 Å². The Bertz CT molecular complexity index is 1400. The number of likely N-dealkylation sites (N-methyl/N-ethyl adjacent to an activating group) is 1. The van der Waals surface area contributed by atoms with E-state index < -0.39 is 28.5 Å². The van der Waals surface area contributed by atoms with E-state index in [-0.39, 0.29) is 23.0 Å². The van der Waals surface area contributed by atoms with Gasteiger partial charge in [-0.25, -0.2) is 8.42 Å². The fourth-order valence-corrected chi connectivity index (χ4v) is 5.73. The van der Waals surface area contributed by atoms with Gasteiger partial charge in [0, 0.05) is 18.6 Å². The van der Waals surface area contributed by atoms with Gasteiger partial charge in [-0.15, -0.1) is 0 Å². The Hall–Kier alpha value is -3.76. The van der Waals surface area contributed by atoms with Gasteiger partial charge in [-0.1, -0.05) is 30.7 Å². The quantitative estimate of drug-likeness (QED) is 0.316. The number of halogens is 1. The summed E-state index contributed by atoms with van der Waals surface area (Å²) >= 11 is 5.99. The summed E-state index contributed by atoms with van der Waals surface area (Å²) in [6.45, 7) is 3.61. The zero-order chi connectivity index (χ0) is 29.3. The summed E-state index contributed by atoms with van der Waals surface area (Å²) in [4.78, 5) is 28.2. The molecule has 1 unspecified atom stereocenters. The van der Waals surface area contributed by atoms with E-state index in [1.807, 2.05) is 13.0 Å². The highest BCUT2D eigenvalue weighted by Gasteiger charge is 2.33. The molecule has 0 heterocycles. The number of benzene rings is 3. The number of sulfonamides is 1. The molecule has 0 aliphatic carbocycles. The molecule has 0 saturated carbocycles. The van der Waals surface area contributed by atoms with E-state index in [0.717, 1.165) is 9.87 Å². The maximum absolute atomic E-state index is 14.0. The lowest BCUT2D eigenvalue weighted by molar-refractivity contribution is -0.140. The van der Waals surface area contributed by atoms with Crippen molar-refractivity contribution in [3.8, 4) is 11.5 Å². The van der Waals surface area contributed by atoms with Crippen LogP contribution in [0.25, 0.3) is 0 Å². The third-order valence-electron chi connectivity index (χ3n) is 6.24. The summed E-state index contributed by atoms with van der Waals surface area (Å²) in [6, 6.07) is 18.5. The predicted octanol–water partition coefficient (Wildman–Crippen LogP) is 4.50. The van der Waals surface area contributed by atoms with Gasteiger partial charge in [0.2, 0.25) is 11.8 Å². The smallest absolute Gasteiger partial charge is 0.264 e. The minimum atomic E-state index is -4.20. The van der Waals surface area contributed by atoms with Crippen molar-refractivity contribution < 1.29 is 27.5 Å². The standard InChI is InChI=1S/C29H34ClN3O6S/c1-5-27(29(35)31-3)32(19-21-8-7-9-25(18-21)38-4)28(34)20-33(23-12-14-24(15-13-23)39-6-2)40(36,37)26-16-10-22(30)11-17-26/h7-18,27H,5-6,19-20H2,1-4H3,(H,31,35). The van der Waals surface area contributed by atoms with Crippen molar-refractivity contribution in [1.29, 1.82) is 0 Å². The van der Waals surface area contributed by atoms with Crippen LogP contribution in [0.3, 0.4) is 0 Å². The van der Waals surface area contributed by atoms with E-state index in [4.69, 9.17) is 21.1 Å². The number of anilines is 1. The number of hydrogen-bond donors (Lipinski definition) is 1. The normalized spacial score (nSPS) is 11.8. The number of ether oxygens (including phenoxy) is 2. The Morgan fingerprint density at radius 3 is 2.23 bits per heavy atom. The number of rotatable bonds is 13. The zero-order valence-electron chi connectivity index (χ0n) is 23.0. The lowest BCUT2D eigenvalue weighted by Crippen LogP contribution is -2.51. The molecule has 11 heteroatoms. The fourth-order valence-electron chi connectivity index (χ4n) is 4.19. The summed E-state index contributed by atoms with van der Waals surface area (Å²) < 4.78 is 39.6. The molecule has 3 rings (SSSR count). The van der Waals surface area contributed by atoms with Crippen molar-refractivity contribution in [2.75, 3.05) is 31.6 Å². The van der Waals surface area contributed by atoms with Gasteiger partial charge >= 0.3 is 0 Å². The first-order valence-corrected chi connectivity index (χ1v) is 14.6. The molecule has 0 aliphatic heterocycles. The van der Waals surface area contributed by atoms with E-state index in [1.54, 1.807) is 49.4 Å². The first kappa shape index (κ1) is 30.8. The van der Waals surface area contributed by atoms with Crippen LogP contribution in [-0.4, -0.2) is 58.5 Å². The predicted molar refractivity (Wildman–Crippen MR) is 155 cm³/mol. The number of carbonyl (C=O) groups excluding carboxylic acids is 2. The van der Waals surface area contributed by atoms with Gasteiger partial charge in [0.25, 0.3) is 10.0 Å². The molecule has 0 spiro atoms. The van der Waals surface area contributed by atoms with Gasteiger partial charge in [-0.2, -0.15) is 0 Å². The molecule has 1 atom stereocenters. The van der Waals surface area contributed by atoms with Crippen molar-refractivity contribution in [2.45, 2.75) is 37.8 Å². The zero-order valence-corrected chi connectivity index (χ0v) is 24.5. The molecule has 1 N–H and O–H groups in total. The molecule has 0 aromatic heterocycles. The van der Waals surface area contributed by atoms with Crippen LogP contribution >= 0.6 is 11.6 Å². The minimum absolute atomic E-state index is 0.0312. The highest BCUT2D eigenvalue weighted by Crippen LogP contribution is 2.28. The summed E-state index contributed by atoms with van der Waals surface area (Å²) in [5.41, 5.74) is 0.990. The monoisotopic (exact) mass is 587 g/mol. The third kappa shape index (κ3) is 7.45. The van der Waals surface area contributed by atoms with Gasteiger partial charge in [-0.3, -0.25) is 13.9 Å². The van der Waals surface area contributed by atoms with Crippen LogP contribution in [-0.2, 0) is 26.2 Å². The number of methoxy groups -OCH3 is 1. The highest BCUT2D eigenvalue weighted by molar-refractivity contribution is 7.92. The summed E-state index contributed by atoms with van der Waals surface area (Å²) in [7, 11) is -1.16. The van der Waals surface area contributed by atoms with Crippen LogP contribution in [0, 0.1) is 0 Å². The maximum atomic E-state index is 14.0. The first-order chi connectivity index (χ1) is 19.1. The molecule has 3 aromatic carbocycles. The third-order valence-corrected chi connectivity index (χ3v) is 8.28. The van der Waals surface area contributed by atoms with Gasteiger partial charge in [0.1, 0.15) is 24.1 Å². The summed E-state index contributed by atoms with van der Waals surface area (Å²) in [5, 5.41) is 2.99. The fraction of sp³-hybridized carbons (Fsp3) is 0.310. The lowest BCUT2D eigenvalue weighted by atomic mass is 10.1. The average Bonchev–Trinajstić information content (AvgIpc) is 2.96. The van der Waals surface area contributed by atoms with Crippen LogP contribution in [0.2, 0.25) is 5.02 Å². The van der Waals surface area contributed by atoms with Gasteiger partial charge in [-0.05, 0) is 79.6 Å². The second-order valence-corrected chi connectivity index (χ2v) is 11.1. The second-order valence-electron chi connectivity index (χ2n) is 8.80. The first-order valence-electron chi connectivity index (χ1n) is 12.8. The van der Waals surface area contributed by atoms with Gasteiger partial charge < -0.3 is 19.7 Å². The Balaban J connectivity index is 2.06. The molecule has 214 valence electrons. The SMILES string of the molecule is CCOc1ccc(N(CC(=O)N(Cc2cccc(OC)c2)C(CC)C(=O)NC)S(=O)(=O)c2ccc(Cl)cc2)cc1. The Morgan fingerprint density at radius 1 is 0.975 bits per heavy atom. The Labute approximate surface area is 240 Å². The van der Waals surface area contributed by atoms with Crippen molar-refractivity contribution in [3.05, 3.63) is 83.4 Å². The van der Waals surface area contributed by atoms with Crippen molar-refractivity contribution in [3.63, 3.8) is 0 Å². The summed E-state index contributed by atoms with van der Waals surface area (Å²) in [6.07, 6.45) is 0.322. The number of amides is 2. The topological polar surface area (TPSA) is 105 Å². The second kappa shape index (κ2) is 14.0. The van der Waals surface area contributed by atoms with Crippen LogP contribution in [0.4, 0.5) is 5.69 Å². The lowest BCUT2D eigenvalue weighted by Gasteiger charge is -2.33. The average molecular weight is 588 g/mol. The molecule has 0 aliphatic rings. The van der Waals surface area contributed by atoms with E-state index >= 15 is 0 Å². The molecule has 0 bridgehead atoms. The Morgan fingerprint density at radius 2 is 1.65 bits per heavy atom. The van der Waals surface area contributed by atoms with Crippen LogP contribution < -0.4 is 19.1 Å². The Kier molecular flexibility index (Phi) is 10.8. The minimum Gasteiger partial charge on any atom is -0.497 e. The molecule has 3 aromatic rings. The molecule has 0 saturated heterocycles. The van der Waals surface area contributed by atoms with E-state index in [9.17, 15) is 18.0 Å². The van der Waals surface area contributed by atoms with Crippen molar-refractivity contribution in [1.82, 2.24) is 10.2 Å². The van der Waals surface area contributed by atoms with Gasteiger partial charge in [0.15, 0.2) is 0 Å². The van der Waals surface area contributed by atoms with E-state index in [1.165, 1.54) is 43.3 Å². The van der Waals surface area contributed by atoms with Crippen LogP contribution in [0.1, 0.15) is 25.8 Å². The number of hydrogen-bond acceptors (Lipinski definition) is 6. The molecule has 0 radical (unpaired) electrons. The highest BCUT2D eigenvalue weighted by atomic mass is 35.5. The van der Waals surface area contributed by atoms with Crippen molar-refractivity contribution >= 4 is 39.1 Å². The van der Waals surface area contributed by atoms with Crippen molar-refractivity contribution in [2.24, 2.45) is 0 Å². The van der Waals surface area contributed by atoms with Crippen LogP contribution in [0.5, 0.6) is 11.5 Å². The largest absolute Gasteiger partial charge is 0.497 e. The number of nitrogens with zero attached hydrogens (tertiary/aromatic N) is 2. The van der Waals surface area contributed by atoms with Gasteiger partial charge in [0.05, 0.1) is 24.3 Å². The molecule has 0 fully saturated rings. The molecule has 9 nitrogen and oxygen atoms in total.